The Hall–Kier alpha value is -2.57. The zero-order valence-corrected chi connectivity index (χ0v) is 11.0. The lowest BCUT2D eigenvalue weighted by atomic mass is 10.2. The fraction of sp³-hybridized carbons (Fsp3) is 0.308. The molecule has 0 aromatic heterocycles. The summed E-state index contributed by atoms with van der Waals surface area (Å²) in [5.74, 6) is -0.0415. The van der Waals surface area contributed by atoms with Crippen LogP contribution in [-0.4, -0.2) is 42.9 Å². The van der Waals surface area contributed by atoms with E-state index in [-0.39, 0.29) is 19.0 Å². The minimum atomic E-state index is -0.533. The Morgan fingerprint density at radius 2 is 2.05 bits per heavy atom. The van der Waals surface area contributed by atoms with E-state index in [1.54, 1.807) is 19.2 Å². The van der Waals surface area contributed by atoms with Gasteiger partial charge in [-0.1, -0.05) is 12.1 Å². The number of carbonyl (C=O) groups is 3. The summed E-state index contributed by atoms with van der Waals surface area (Å²) < 4.78 is 5.03. The van der Waals surface area contributed by atoms with Gasteiger partial charge in [0.1, 0.15) is 12.3 Å². The standard InChI is InChI=1S/C13H15N3O4/c1-20-10-4-2-9(3-5-10)6-14-11(17)8-16-12(18)7-15-13(16)19/h2-5H,6-8H2,1H3,(H,14,17)(H,15,19). The van der Waals surface area contributed by atoms with Crippen molar-refractivity contribution in [2.24, 2.45) is 0 Å². The van der Waals surface area contributed by atoms with E-state index in [9.17, 15) is 14.4 Å². The van der Waals surface area contributed by atoms with E-state index in [0.717, 1.165) is 16.2 Å². The molecule has 0 bridgehead atoms. The zero-order valence-electron chi connectivity index (χ0n) is 11.0. The summed E-state index contributed by atoms with van der Waals surface area (Å²) in [4.78, 5) is 35.1. The second-order valence-corrected chi connectivity index (χ2v) is 4.26. The smallest absolute Gasteiger partial charge is 0.325 e. The second-order valence-electron chi connectivity index (χ2n) is 4.26. The van der Waals surface area contributed by atoms with Crippen LogP contribution in [0.15, 0.2) is 24.3 Å². The molecule has 0 unspecified atom stereocenters. The predicted molar refractivity (Wildman–Crippen MR) is 70.0 cm³/mol. The van der Waals surface area contributed by atoms with Crippen LogP contribution in [0.2, 0.25) is 0 Å². The van der Waals surface area contributed by atoms with Crippen molar-refractivity contribution in [1.29, 1.82) is 0 Å². The van der Waals surface area contributed by atoms with Crippen molar-refractivity contribution >= 4 is 17.8 Å². The molecule has 2 N–H and O–H groups in total. The molecule has 7 heteroatoms. The van der Waals surface area contributed by atoms with Crippen LogP contribution in [0.4, 0.5) is 4.79 Å². The van der Waals surface area contributed by atoms with E-state index in [0.29, 0.717) is 6.54 Å². The molecule has 20 heavy (non-hydrogen) atoms. The number of methoxy groups -OCH3 is 1. The third kappa shape index (κ3) is 3.25. The number of nitrogens with zero attached hydrogens (tertiary/aromatic N) is 1. The maximum atomic E-state index is 11.7. The SMILES string of the molecule is COc1ccc(CNC(=O)CN2C(=O)CNC2=O)cc1. The van der Waals surface area contributed by atoms with Crippen LogP contribution in [0.5, 0.6) is 5.75 Å². The van der Waals surface area contributed by atoms with Gasteiger partial charge in [0.2, 0.25) is 5.91 Å². The molecule has 0 atom stereocenters. The molecule has 0 saturated carbocycles. The summed E-state index contributed by atoms with van der Waals surface area (Å²) in [6.45, 7) is 0.0118. The molecule has 1 heterocycles. The monoisotopic (exact) mass is 277 g/mol. The van der Waals surface area contributed by atoms with Crippen LogP contribution < -0.4 is 15.4 Å². The summed E-state index contributed by atoms with van der Waals surface area (Å²) in [6, 6.07) is 6.70. The lowest BCUT2D eigenvalue weighted by molar-refractivity contribution is -0.130. The largest absolute Gasteiger partial charge is 0.497 e. The number of ether oxygens (including phenoxy) is 1. The average molecular weight is 277 g/mol. The first-order chi connectivity index (χ1) is 9.60. The molecule has 0 radical (unpaired) electrons. The molecule has 1 aromatic carbocycles. The maximum Gasteiger partial charge on any atom is 0.325 e. The van der Waals surface area contributed by atoms with Crippen molar-refractivity contribution in [1.82, 2.24) is 15.5 Å². The van der Waals surface area contributed by atoms with E-state index in [2.05, 4.69) is 10.6 Å². The molecule has 106 valence electrons. The van der Waals surface area contributed by atoms with Gasteiger partial charge in [-0.2, -0.15) is 0 Å². The van der Waals surface area contributed by atoms with Gasteiger partial charge in [0, 0.05) is 6.54 Å². The number of imide groups is 1. The molecular formula is C13H15N3O4. The Kier molecular flexibility index (Phi) is 4.19. The number of hydrogen-bond donors (Lipinski definition) is 2. The van der Waals surface area contributed by atoms with E-state index < -0.39 is 11.9 Å². The first kappa shape index (κ1) is 13.9. The third-order valence-corrected chi connectivity index (χ3v) is 2.89. The van der Waals surface area contributed by atoms with E-state index >= 15 is 0 Å². The quantitative estimate of drug-likeness (QED) is 0.733. The highest BCUT2D eigenvalue weighted by atomic mass is 16.5. The molecular weight excluding hydrogens is 262 g/mol. The molecule has 0 spiro atoms. The highest BCUT2D eigenvalue weighted by molar-refractivity contribution is 6.04. The van der Waals surface area contributed by atoms with Crippen LogP contribution >= 0.6 is 0 Å². The lowest BCUT2D eigenvalue weighted by Gasteiger charge is -2.12. The van der Waals surface area contributed by atoms with Gasteiger partial charge in [0.25, 0.3) is 5.91 Å². The van der Waals surface area contributed by atoms with E-state index in [1.165, 1.54) is 0 Å². The van der Waals surface area contributed by atoms with Gasteiger partial charge in [0.15, 0.2) is 0 Å². The summed E-state index contributed by atoms with van der Waals surface area (Å²) >= 11 is 0. The Balaban J connectivity index is 1.82. The van der Waals surface area contributed by atoms with Crippen LogP contribution in [0.3, 0.4) is 0 Å². The van der Waals surface area contributed by atoms with Gasteiger partial charge in [-0.3, -0.25) is 14.5 Å². The first-order valence-electron chi connectivity index (χ1n) is 6.08. The maximum absolute atomic E-state index is 11.7. The molecule has 0 aliphatic carbocycles. The topological polar surface area (TPSA) is 87.7 Å². The molecule has 2 rings (SSSR count). The summed E-state index contributed by atoms with van der Waals surface area (Å²) in [7, 11) is 1.58. The second kappa shape index (κ2) is 6.05. The Morgan fingerprint density at radius 1 is 1.35 bits per heavy atom. The molecule has 7 nitrogen and oxygen atoms in total. The van der Waals surface area contributed by atoms with Crippen molar-refractivity contribution in [3.63, 3.8) is 0 Å². The fourth-order valence-corrected chi connectivity index (χ4v) is 1.76. The van der Waals surface area contributed by atoms with Gasteiger partial charge in [-0.15, -0.1) is 0 Å². The molecule has 1 aromatic rings. The van der Waals surface area contributed by atoms with Gasteiger partial charge < -0.3 is 15.4 Å². The van der Waals surface area contributed by atoms with Gasteiger partial charge in [0.05, 0.1) is 13.7 Å². The highest BCUT2D eigenvalue weighted by Gasteiger charge is 2.29. The Morgan fingerprint density at radius 3 is 2.60 bits per heavy atom. The van der Waals surface area contributed by atoms with Crippen LogP contribution in [0.1, 0.15) is 5.56 Å². The normalized spacial score (nSPS) is 14.2. The lowest BCUT2D eigenvalue weighted by Crippen LogP contribution is -2.40. The Labute approximate surface area is 115 Å². The van der Waals surface area contributed by atoms with Crippen LogP contribution in [-0.2, 0) is 16.1 Å². The number of carbonyl (C=O) groups excluding carboxylic acids is 3. The number of rotatable bonds is 5. The minimum Gasteiger partial charge on any atom is -0.497 e. The number of urea groups is 1. The number of nitrogens with one attached hydrogen (secondary N) is 2. The van der Waals surface area contributed by atoms with Gasteiger partial charge >= 0.3 is 6.03 Å². The predicted octanol–water partition coefficient (Wildman–Crippen LogP) is -0.137. The molecule has 1 fully saturated rings. The average Bonchev–Trinajstić information content (AvgIpc) is 2.77. The van der Waals surface area contributed by atoms with Crippen molar-refractivity contribution in [2.75, 3.05) is 20.2 Å². The van der Waals surface area contributed by atoms with Gasteiger partial charge in [-0.05, 0) is 17.7 Å². The van der Waals surface area contributed by atoms with Crippen molar-refractivity contribution in [3.05, 3.63) is 29.8 Å². The minimum absolute atomic E-state index is 0.0510. The van der Waals surface area contributed by atoms with Gasteiger partial charge in [-0.25, -0.2) is 4.79 Å². The van der Waals surface area contributed by atoms with Crippen molar-refractivity contribution < 1.29 is 19.1 Å². The number of hydrogen-bond acceptors (Lipinski definition) is 4. The molecule has 4 amide bonds. The summed E-state index contributed by atoms with van der Waals surface area (Å²) in [5.41, 5.74) is 0.899. The molecule has 1 saturated heterocycles. The molecule has 1 aliphatic rings. The van der Waals surface area contributed by atoms with E-state index in [1.807, 2.05) is 12.1 Å². The van der Waals surface area contributed by atoms with E-state index in [4.69, 9.17) is 4.74 Å². The number of benzene rings is 1. The number of amides is 4. The molecule has 1 aliphatic heterocycles. The fourth-order valence-electron chi connectivity index (χ4n) is 1.76. The van der Waals surface area contributed by atoms with Crippen LogP contribution in [0, 0.1) is 0 Å². The summed E-state index contributed by atoms with van der Waals surface area (Å²) in [6.07, 6.45) is 0. The Bertz CT molecular complexity index is 511. The third-order valence-electron chi connectivity index (χ3n) is 2.89. The zero-order chi connectivity index (χ0) is 14.5. The highest BCUT2D eigenvalue weighted by Crippen LogP contribution is 2.10. The first-order valence-corrected chi connectivity index (χ1v) is 6.08. The van der Waals surface area contributed by atoms with Crippen molar-refractivity contribution in [3.8, 4) is 5.75 Å². The van der Waals surface area contributed by atoms with Crippen molar-refractivity contribution in [2.45, 2.75) is 6.54 Å². The van der Waals surface area contributed by atoms with Crippen LogP contribution in [0.25, 0.3) is 0 Å². The summed E-state index contributed by atoms with van der Waals surface area (Å²) in [5, 5.41) is 5.01.